The SMILES string of the molecule is CCCCCCCCCCOc1ccc(C=C(C=O)c2cccc(C(=O)OCC)c2)cc1OCCCCCCCCCC. The molecule has 0 aromatic heterocycles. The molecule has 0 N–H and O–H groups in total. The molecule has 2 rings (SSSR count). The Morgan fingerprint density at radius 1 is 0.628 bits per heavy atom. The summed E-state index contributed by atoms with van der Waals surface area (Å²) in [5.74, 6) is 1.06. The third kappa shape index (κ3) is 15.3. The number of hydrogen-bond donors (Lipinski definition) is 0. The van der Waals surface area contributed by atoms with E-state index >= 15 is 0 Å². The van der Waals surface area contributed by atoms with Crippen LogP contribution in [0.25, 0.3) is 11.6 Å². The van der Waals surface area contributed by atoms with Crippen LogP contribution in [-0.2, 0) is 9.53 Å². The highest BCUT2D eigenvalue weighted by Crippen LogP contribution is 2.31. The summed E-state index contributed by atoms with van der Waals surface area (Å²) in [5.41, 5.74) is 2.41. The van der Waals surface area contributed by atoms with Crippen LogP contribution in [0.2, 0.25) is 0 Å². The van der Waals surface area contributed by atoms with Gasteiger partial charge < -0.3 is 14.2 Å². The minimum Gasteiger partial charge on any atom is -0.490 e. The Morgan fingerprint density at radius 2 is 1.16 bits per heavy atom. The van der Waals surface area contributed by atoms with E-state index in [-0.39, 0.29) is 0 Å². The number of esters is 1. The fourth-order valence-electron chi connectivity index (χ4n) is 5.09. The Hall–Kier alpha value is -3.08. The fourth-order valence-corrected chi connectivity index (χ4v) is 5.09. The molecule has 5 nitrogen and oxygen atoms in total. The van der Waals surface area contributed by atoms with Gasteiger partial charge >= 0.3 is 5.97 Å². The maximum atomic E-state index is 12.2. The molecule has 0 aliphatic rings. The van der Waals surface area contributed by atoms with Crippen molar-refractivity contribution in [3.8, 4) is 11.5 Å². The predicted molar refractivity (Wildman–Crippen MR) is 179 cm³/mol. The highest BCUT2D eigenvalue weighted by molar-refractivity contribution is 6.13. The molecule has 0 atom stereocenters. The van der Waals surface area contributed by atoms with E-state index in [4.69, 9.17) is 14.2 Å². The second-order valence-corrected chi connectivity index (χ2v) is 11.4. The molecule has 0 aliphatic heterocycles. The van der Waals surface area contributed by atoms with Gasteiger partial charge in [0.05, 0.1) is 25.4 Å². The minimum atomic E-state index is -0.399. The number of carbonyl (C=O) groups excluding carboxylic acids is 2. The molecule has 0 saturated carbocycles. The third-order valence-electron chi connectivity index (χ3n) is 7.63. The van der Waals surface area contributed by atoms with E-state index in [1.54, 1.807) is 25.1 Å². The molecule has 0 spiro atoms. The van der Waals surface area contributed by atoms with Crippen molar-refractivity contribution in [2.45, 2.75) is 124 Å². The average Bonchev–Trinajstić information content (AvgIpc) is 3.03. The number of allylic oxidation sites excluding steroid dienone is 1. The average molecular weight is 593 g/mol. The highest BCUT2D eigenvalue weighted by atomic mass is 16.5. The number of benzene rings is 2. The molecule has 2 aromatic carbocycles. The van der Waals surface area contributed by atoms with Crippen molar-refractivity contribution in [1.29, 1.82) is 0 Å². The summed E-state index contributed by atoms with van der Waals surface area (Å²) in [6, 6.07) is 12.8. The van der Waals surface area contributed by atoms with Crippen molar-refractivity contribution in [3.63, 3.8) is 0 Å². The maximum absolute atomic E-state index is 12.2. The van der Waals surface area contributed by atoms with Gasteiger partial charge in [-0.3, -0.25) is 4.79 Å². The summed E-state index contributed by atoms with van der Waals surface area (Å²) < 4.78 is 17.6. The summed E-state index contributed by atoms with van der Waals surface area (Å²) >= 11 is 0. The first kappa shape index (κ1) is 36.1. The summed E-state index contributed by atoms with van der Waals surface area (Å²) in [6.45, 7) is 7.88. The van der Waals surface area contributed by atoms with Gasteiger partial charge in [0.25, 0.3) is 0 Å². The molecule has 0 unspecified atom stereocenters. The molecular weight excluding hydrogens is 536 g/mol. The minimum absolute atomic E-state index is 0.300. The van der Waals surface area contributed by atoms with E-state index in [0.717, 1.165) is 36.9 Å². The first-order valence-corrected chi connectivity index (χ1v) is 17.0. The first-order chi connectivity index (χ1) is 21.1. The van der Waals surface area contributed by atoms with Gasteiger partial charge in [-0.25, -0.2) is 4.79 Å². The quantitative estimate of drug-likeness (QED) is 0.0377. The number of ether oxygens (including phenoxy) is 3. The number of rotatable bonds is 25. The number of aldehydes is 1. The van der Waals surface area contributed by atoms with Gasteiger partial charge in [0.2, 0.25) is 0 Å². The summed E-state index contributed by atoms with van der Waals surface area (Å²) in [4.78, 5) is 24.3. The van der Waals surface area contributed by atoms with Crippen molar-refractivity contribution < 1.29 is 23.8 Å². The molecular formula is C38H56O5. The zero-order chi connectivity index (χ0) is 31.0. The lowest BCUT2D eigenvalue weighted by Gasteiger charge is -2.14. The first-order valence-electron chi connectivity index (χ1n) is 17.0. The fraction of sp³-hybridized carbons (Fsp3) is 0.579. The normalized spacial score (nSPS) is 11.4. The Kier molecular flexibility index (Phi) is 19.6. The van der Waals surface area contributed by atoms with E-state index in [1.165, 1.54) is 83.5 Å². The molecule has 0 radical (unpaired) electrons. The maximum Gasteiger partial charge on any atom is 0.338 e. The lowest BCUT2D eigenvalue weighted by Crippen LogP contribution is -2.05. The summed E-state index contributed by atoms with van der Waals surface area (Å²) in [7, 11) is 0. The van der Waals surface area contributed by atoms with Gasteiger partial charge in [-0.1, -0.05) is 122 Å². The Morgan fingerprint density at radius 3 is 1.72 bits per heavy atom. The highest BCUT2D eigenvalue weighted by Gasteiger charge is 2.11. The molecule has 0 aliphatic carbocycles. The van der Waals surface area contributed by atoms with E-state index < -0.39 is 5.97 Å². The standard InChI is InChI=1S/C38H56O5/c1-4-7-9-11-13-15-17-19-26-42-36-25-24-32(29-37(36)43-27-20-18-16-14-12-10-8-5-2)28-35(31-39)33-22-21-23-34(30-33)38(40)41-6-3/h21-25,28-31H,4-20,26-27H2,1-3H3. The molecule has 0 heterocycles. The summed E-state index contributed by atoms with van der Waals surface area (Å²) in [5, 5.41) is 0. The van der Waals surface area contributed by atoms with Crippen molar-refractivity contribution in [2.24, 2.45) is 0 Å². The van der Waals surface area contributed by atoms with E-state index in [2.05, 4.69) is 13.8 Å². The van der Waals surface area contributed by atoms with Crippen molar-refractivity contribution >= 4 is 23.9 Å². The van der Waals surface area contributed by atoms with Gasteiger partial charge in [0.15, 0.2) is 17.8 Å². The van der Waals surface area contributed by atoms with Crippen LogP contribution in [0.15, 0.2) is 42.5 Å². The molecule has 0 saturated heterocycles. The number of hydrogen-bond acceptors (Lipinski definition) is 5. The lowest BCUT2D eigenvalue weighted by atomic mass is 10.0. The predicted octanol–water partition coefficient (Wildman–Crippen LogP) is 10.6. The Bertz CT molecular complexity index is 1070. The molecule has 0 bridgehead atoms. The molecule has 2 aromatic rings. The lowest BCUT2D eigenvalue weighted by molar-refractivity contribution is -0.103. The molecule has 238 valence electrons. The zero-order valence-corrected chi connectivity index (χ0v) is 27.2. The number of carbonyl (C=O) groups is 2. The van der Waals surface area contributed by atoms with Crippen LogP contribution in [0.5, 0.6) is 11.5 Å². The topological polar surface area (TPSA) is 61.8 Å². The Labute approximate surface area is 261 Å². The monoisotopic (exact) mass is 592 g/mol. The smallest absolute Gasteiger partial charge is 0.338 e. The van der Waals surface area contributed by atoms with Gasteiger partial charge in [0, 0.05) is 5.57 Å². The molecule has 43 heavy (non-hydrogen) atoms. The van der Waals surface area contributed by atoms with Crippen LogP contribution in [0.4, 0.5) is 0 Å². The number of unbranched alkanes of at least 4 members (excludes halogenated alkanes) is 14. The van der Waals surface area contributed by atoms with Crippen LogP contribution in [0.3, 0.4) is 0 Å². The summed E-state index contributed by atoms with van der Waals surface area (Å²) in [6.07, 6.45) is 22.7. The second-order valence-electron chi connectivity index (χ2n) is 11.4. The second kappa shape index (κ2) is 23.4. The van der Waals surface area contributed by atoms with Crippen LogP contribution >= 0.6 is 0 Å². The van der Waals surface area contributed by atoms with Crippen molar-refractivity contribution in [3.05, 3.63) is 59.2 Å². The molecule has 5 heteroatoms. The van der Waals surface area contributed by atoms with Crippen LogP contribution < -0.4 is 9.47 Å². The molecule has 0 fully saturated rings. The third-order valence-corrected chi connectivity index (χ3v) is 7.63. The zero-order valence-electron chi connectivity index (χ0n) is 27.2. The Balaban J connectivity index is 2.05. The van der Waals surface area contributed by atoms with Gasteiger partial charge in [-0.15, -0.1) is 0 Å². The van der Waals surface area contributed by atoms with Gasteiger partial charge in [-0.05, 0) is 61.2 Å². The van der Waals surface area contributed by atoms with Crippen molar-refractivity contribution in [1.82, 2.24) is 0 Å². The van der Waals surface area contributed by atoms with Crippen LogP contribution in [0.1, 0.15) is 145 Å². The van der Waals surface area contributed by atoms with Crippen LogP contribution in [0, 0.1) is 0 Å². The largest absolute Gasteiger partial charge is 0.490 e. The van der Waals surface area contributed by atoms with Gasteiger partial charge in [0.1, 0.15) is 0 Å². The van der Waals surface area contributed by atoms with Gasteiger partial charge in [-0.2, -0.15) is 0 Å². The van der Waals surface area contributed by atoms with E-state index in [9.17, 15) is 9.59 Å². The molecule has 0 amide bonds. The van der Waals surface area contributed by atoms with Crippen molar-refractivity contribution in [2.75, 3.05) is 19.8 Å². The van der Waals surface area contributed by atoms with Crippen LogP contribution in [-0.4, -0.2) is 32.1 Å². The van der Waals surface area contributed by atoms with E-state index in [0.29, 0.717) is 42.3 Å². The van der Waals surface area contributed by atoms with E-state index in [1.807, 2.05) is 30.3 Å².